The highest BCUT2D eigenvalue weighted by Crippen LogP contribution is 2.23. The summed E-state index contributed by atoms with van der Waals surface area (Å²) in [6, 6.07) is 9.20. The molecule has 1 heterocycles. The zero-order valence-electron chi connectivity index (χ0n) is 11.8. The minimum Gasteiger partial charge on any atom is -0.325 e. The molecule has 1 atom stereocenters. The lowest BCUT2D eigenvalue weighted by atomic mass is 10.2. The van der Waals surface area contributed by atoms with E-state index >= 15 is 0 Å². The first-order chi connectivity index (χ1) is 9.95. The Labute approximate surface area is 132 Å². The van der Waals surface area contributed by atoms with Crippen LogP contribution in [0, 0.1) is 5.82 Å². The molecule has 112 valence electrons. The van der Waals surface area contributed by atoms with Crippen LogP contribution in [0.15, 0.2) is 36.4 Å². The Hall–Kier alpha value is -1.43. The van der Waals surface area contributed by atoms with E-state index in [9.17, 15) is 9.18 Å². The van der Waals surface area contributed by atoms with Gasteiger partial charge in [0.25, 0.3) is 0 Å². The second kappa shape index (κ2) is 7.02. The number of halogens is 2. The van der Waals surface area contributed by atoms with Crippen molar-refractivity contribution < 1.29 is 9.18 Å². The molecular weight excluding hydrogens is 311 g/mol. The molecule has 21 heavy (non-hydrogen) atoms. The molecule has 0 spiro atoms. The topological polar surface area (TPSA) is 32.3 Å². The van der Waals surface area contributed by atoms with E-state index in [4.69, 9.17) is 11.6 Å². The van der Waals surface area contributed by atoms with Gasteiger partial charge in [-0.05, 0) is 50.4 Å². The molecule has 2 rings (SSSR count). The van der Waals surface area contributed by atoms with Crippen molar-refractivity contribution in [2.75, 3.05) is 12.4 Å². The number of rotatable bonds is 5. The first-order valence-electron chi connectivity index (χ1n) is 6.46. The summed E-state index contributed by atoms with van der Waals surface area (Å²) in [5, 5.41) is 2.77. The Morgan fingerprint density at radius 2 is 2.00 bits per heavy atom. The highest BCUT2D eigenvalue weighted by molar-refractivity contribution is 7.16. The van der Waals surface area contributed by atoms with Gasteiger partial charge in [-0.1, -0.05) is 11.6 Å². The molecular formula is C15H16ClFN2OS. The zero-order chi connectivity index (χ0) is 15.4. The van der Waals surface area contributed by atoms with Gasteiger partial charge >= 0.3 is 0 Å². The summed E-state index contributed by atoms with van der Waals surface area (Å²) in [4.78, 5) is 15.2. The van der Waals surface area contributed by atoms with Crippen LogP contribution < -0.4 is 5.32 Å². The molecule has 0 radical (unpaired) electrons. The molecule has 3 nitrogen and oxygen atoms in total. The maximum atomic E-state index is 12.8. The Balaban J connectivity index is 1.93. The van der Waals surface area contributed by atoms with E-state index in [1.165, 1.54) is 23.5 Å². The van der Waals surface area contributed by atoms with E-state index in [0.717, 1.165) is 9.21 Å². The number of amides is 1. The number of hydrogen-bond donors (Lipinski definition) is 1. The SMILES string of the molecule is C[C@H](C(=O)Nc1ccc(F)cc1)N(C)Cc1ccc(Cl)s1. The quantitative estimate of drug-likeness (QED) is 0.900. The van der Waals surface area contributed by atoms with Gasteiger partial charge in [-0.2, -0.15) is 0 Å². The van der Waals surface area contributed by atoms with Crippen LogP contribution in [-0.2, 0) is 11.3 Å². The van der Waals surface area contributed by atoms with Crippen molar-refractivity contribution in [1.82, 2.24) is 4.90 Å². The van der Waals surface area contributed by atoms with Gasteiger partial charge in [0.1, 0.15) is 5.82 Å². The monoisotopic (exact) mass is 326 g/mol. The lowest BCUT2D eigenvalue weighted by Gasteiger charge is -2.23. The fourth-order valence-corrected chi connectivity index (χ4v) is 2.95. The smallest absolute Gasteiger partial charge is 0.241 e. The second-order valence-electron chi connectivity index (χ2n) is 4.79. The van der Waals surface area contributed by atoms with Gasteiger partial charge in [0.05, 0.1) is 10.4 Å². The Morgan fingerprint density at radius 1 is 1.33 bits per heavy atom. The summed E-state index contributed by atoms with van der Waals surface area (Å²) in [6.45, 7) is 2.48. The molecule has 0 bridgehead atoms. The average molecular weight is 327 g/mol. The van der Waals surface area contributed by atoms with Gasteiger partial charge in [-0.25, -0.2) is 4.39 Å². The predicted molar refractivity (Wildman–Crippen MR) is 85.3 cm³/mol. The third kappa shape index (κ3) is 4.52. The lowest BCUT2D eigenvalue weighted by Crippen LogP contribution is -2.39. The lowest BCUT2D eigenvalue weighted by molar-refractivity contribution is -0.120. The van der Waals surface area contributed by atoms with E-state index in [1.807, 2.05) is 31.0 Å². The first kappa shape index (κ1) is 15.9. The minimum atomic E-state index is -0.326. The van der Waals surface area contributed by atoms with Gasteiger partial charge in [-0.15, -0.1) is 11.3 Å². The number of carbonyl (C=O) groups is 1. The molecule has 1 aromatic heterocycles. The number of carbonyl (C=O) groups excluding carboxylic acids is 1. The summed E-state index contributed by atoms with van der Waals surface area (Å²) >= 11 is 7.40. The maximum absolute atomic E-state index is 12.8. The van der Waals surface area contributed by atoms with Crippen LogP contribution in [0.2, 0.25) is 4.34 Å². The molecule has 0 aliphatic heterocycles. The van der Waals surface area contributed by atoms with Crippen LogP contribution in [0.5, 0.6) is 0 Å². The molecule has 1 N–H and O–H groups in total. The van der Waals surface area contributed by atoms with Gasteiger partial charge in [0.15, 0.2) is 0 Å². The minimum absolute atomic E-state index is 0.133. The summed E-state index contributed by atoms with van der Waals surface area (Å²) in [5.74, 6) is -0.459. The van der Waals surface area contributed by atoms with Crippen molar-refractivity contribution in [2.45, 2.75) is 19.5 Å². The highest BCUT2D eigenvalue weighted by atomic mass is 35.5. The predicted octanol–water partition coefficient (Wildman–Crippen LogP) is 4.00. The Morgan fingerprint density at radius 3 is 2.57 bits per heavy atom. The average Bonchev–Trinajstić information content (AvgIpc) is 2.85. The van der Waals surface area contributed by atoms with Crippen LogP contribution in [0.4, 0.5) is 10.1 Å². The normalized spacial score (nSPS) is 12.4. The molecule has 0 aliphatic carbocycles. The van der Waals surface area contributed by atoms with Crippen molar-refractivity contribution >= 4 is 34.5 Å². The van der Waals surface area contributed by atoms with Crippen molar-refractivity contribution in [1.29, 1.82) is 0 Å². The summed E-state index contributed by atoms with van der Waals surface area (Å²) in [5.41, 5.74) is 0.584. The summed E-state index contributed by atoms with van der Waals surface area (Å²) in [6.07, 6.45) is 0. The largest absolute Gasteiger partial charge is 0.325 e. The van der Waals surface area contributed by atoms with Crippen molar-refractivity contribution in [2.24, 2.45) is 0 Å². The molecule has 6 heteroatoms. The van der Waals surface area contributed by atoms with Crippen LogP contribution in [0.3, 0.4) is 0 Å². The number of benzene rings is 1. The second-order valence-corrected chi connectivity index (χ2v) is 6.59. The molecule has 0 fully saturated rings. The summed E-state index contributed by atoms with van der Waals surface area (Å²) < 4.78 is 13.6. The molecule has 1 amide bonds. The van der Waals surface area contributed by atoms with Crippen molar-refractivity contribution in [3.8, 4) is 0 Å². The Bertz CT molecular complexity index is 614. The fourth-order valence-electron chi connectivity index (χ4n) is 1.80. The van der Waals surface area contributed by atoms with E-state index in [1.54, 1.807) is 12.1 Å². The Kier molecular flexibility index (Phi) is 5.33. The number of hydrogen-bond acceptors (Lipinski definition) is 3. The maximum Gasteiger partial charge on any atom is 0.241 e. The van der Waals surface area contributed by atoms with Crippen LogP contribution in [-0.4, -0.2) is 23.9 Å². The molecule has 0 saturated carbocycles. The van der Waals surface area contributed by atoms with Crippen LogP contribution >= 0.6 is 22.9 Å². The van der Waals surface area contributed by atoms with E-state index < -0.39 is 0 Å². The summed E-state index contributed by atoms with van der Waals surface area (Å²) in [7, 11) is 1.88. The zero-order valence-corrected chi connectivity index (χ0v) is 13.3. The number of nitrogens with zero attached hydrogens (tertiary/aromatic N) is 1. The highest BCUT2D eigenvalue weighted by Gasteiger charge is 2.18. The van der Waals surface area contributed by atoms with Crippen molar-refractivity contribution in [3.05, 3.63) is 51.4 Å². The first-order valence-corrected chi connectivity index (χ1v) is 7.66. The van der Waals surface area contributed by atoms with Crippen LogP contribution in [0.25, 0.3) is 0 Å². The molecule has 0 saturated heterocycles. The van der Waals surface area contributed by atoms with Gasteiger partial charge < -0.3 is 5.32 Å². The molecule has 0 aliphatic rings. The van der Waals surface area contributed by atoms with Gasteiger partial charge in [0, 0.05) is 17.1 Å². The van der Waals surface area contributed by atoms with Gasteiger partial charge in [-0.3, -0.25) is 9.69 Å². The third-order valence-corrected chi connectivity index (χ3v) is 4.40. The number of nitrogens with one attached hydrogen (secondary N) is 1. The number of anilines is 1. The fraction of sp³-hybridized carbons (Fsp3) is 0.267. The number of likely N-dealkylation sites (N-methyl/N-ethyl adjacent to an activating group) is 1. The standard InChI is InChI=1S/C15H16ClFN2OS/c1-10(19(2)9-13-7-8-14(16)21-13)15(20)18-12-5-3-11(17)4-6-12/h3-8,10H,9H2,1-2H3,(H,18,20)/t10-/m1/s1. The van der Waals surface area contributed by atoms with Gasteiger partial charge in [0.2, 0.25) is 5.91 Å². The van der Waals surface area contributed by atoms with E-state index in [0.29, 0.717) is 12.2 Å². The molecule has 0 unspecified atom stereocenters. The molecule has 1 aromatic carbocycles. The molecule has 2 aromatic rings. The van der Waals surface area contributed by atoms with Crippen LogP contribution in [0.1, 0.15) is 11.8 Å². The number of thiophene rings is 1. The van der Waals surface area contributed by atoms with E-state index in [-0.39, 0.29) is 17.8 Å². The van der Waals surface area contributed by atoms with E-state index in [2.05, 4.69) is 5.32 Å². The third-order valence-electron chi connectivity index (χ3n) is 3.19. The van der Waals surface area contributed by atoms with Crippen molar-refractivity contribution in [3.63, 3.8) is 0 Å².